The molecule has 1 aliphatic heterocycles. The molecule has 31 heavy (non-hydrogen) atoms. The number of carboxylic acid groups (broad SMARTS) is 1. The van der Waals surface area contributed by atoms with Gasteiger partial charge in [-0.3, -0.25) is 4.98 Å². The number of carboxylic acids is 1. The first-order chi connectivity index (χ1) is 14.4. The van der Waals surface area contributed by atoms with Crippen LogP contribution in [0, 0.1) is 18.2 Å². The predicted molar refractivity (Wildman–Crippen MR) is 121 cm³/mol. The predicted octanol–water partition coefficient (Wildman–Crippen LogP) is 5.76. The molecule has 1 aromatic heterocycles. The Morgan fingerprint density at radius 2 is 1.77 bits per heavy atom. The molecule has 1 saturated heterocycles. The molecule has 1 N–H and O–H groups in total. The van der Waals surface area contributed by atoms with Crippen molar-refractivity contribution in [3.05, 3.63) is 47.5 Å². The lowest BCUT2D eigenvalue weighted by atomic mass is 9.82. The zero-order valence-corrected chi connectivity index (χ0v) is 19.3. The van der Waals surface area contributed by atoms with Crippen molar-refractivity contribution >= 4 is 11.7 Å². The van der Waals surface area contributed by atoms with Gasteiger partial charge in [0.05, 0.1) is 11.3 Å². The molecule has 2 aromatic rings. The van der Waals surface area contributed by atoms with Crippen LogP contribution >= 0.6 is 0 Å². The van der Waals surface area contributed by atoms with Crippen LogP contribution < -0.4 is 4.90 Å². The molecule has 0 radical (unpaired) electrons. The molecule has 0 unspecified atom stereocenters. The van der Waals surface area contributed by atoms with E-state index < -0.39 is 17.7 Å². The van der Waals surface area contributed by atoms with Crippen LogP contribution in [0.15, 0.2) is 30.5 Å². The summed E-state index contributed by atoms with van der Waals surface area (Å²) in [6.07, 6.45) is 2.60. The van der Waals surface area contributed by atoms with E-state index in [-0.39, 0.29) is 11.2 Å². The summed E-state index contributed by atoms with van der Waals surface area (Å²) in [4.78, 5) is 19.1. The fourth-order valence-electron chi connectivity index (χ4n) is 4.03. The van der Waals surface area contributed by atoms with Crippen LogP contribution in [0.1, 0.15) is 64.8 Å². The number of carbonyl (C=O) groups is 1. The van der Waals surface area contributed by atoms with E-state index in [0.29, 0.717) is 11.3 Å². The summed E-state index contributed by atoms with van der Waals surface area (Å²) in [5.74, 6) is -1.36. The molecule has 2 heterocycles. The van der Waals surface area contributed by atoms with Gasteiger partial charge in [-0.25, -0.2) is 9.18 Å². The van der Waals surface area contributed by atoms with Gasteiger partial charge < -0.3 is 14.7 Å². The van der Waals surface area contributed by atoms with Gasteiger partial charge in [0.15, 0.2) is 6.10 Å². The third-order valence-corrected chi connectivity index (χ3v) is 5.83. The fourth-order valence-corrected chi connectivity index (χ4v) is 4.03. The Labute approximate surface area is 184 Å². The molecule has 0 bridgehead atoms. The summed E-state index contributed by atoms with van der Waals surface area (Å²) in [6.45, 7) is 13.5. The second kappa shape index (κ2) is 8.58. The SMILES string of the molecule is Cc1ncc(-c2ccc(F)cc2)c(N2CCC(C)(C)CC2)c1[C@H](OC(C)(C)C)C(=O)O. The van der Waals surface area contributed by atoms with E-state index in [9.17, 15) is 14.3 Å². The van der Waals surface area contributed by atoms with Crippen molar-refractivity contribution in [1.82, 2.24) is 4.98 Å². The first-order valence-electron chi connectivity index (χ1n) is 10.8. The number of aromatic nitrogens is 1. The summed E-state index contributed by atoms with van der Waals surface area (Å²) in [7, 11) is 0. The number of benzene rings is 1. The molecule has 0 amide bonds. The molecular weight excluding hydrogens is 395 g/mol. The highest BCUT2D eigenvalue weighted by molar-refractivity contribution is 5.86. The third kappa shape index (κ3) is 5.42. The lowest BCUT2D eigenvalue weighted by molar-refractivity contribution is -0.160. The molecule has 1 aliphatic rings. The number of ether oxygens (including phenoxy) is 1. The second-order valence-corrected chi connectivity index (χ2v) is 10.1. The highest BCUT2D eigenvalue weighted by Gasteiger charge is 2.35. The van der Waals surface area contributed by atoms with E-state index in [4.69, 9.17) is 4.74 Å². The van der Waals surface area contributed by atoms with Gasteiger partial charge >= 0.3 is 5.97 Å². The van der Waals surface area contributed by atoms with Crippen LogP contribution in [-0.4, -0.2) is 34.8 Å². The Kier molecular flexibility index (Phi) is 6.42. The lowest BCUT2D eigenvalue weighted by Crippen LogP contribution is -2.39. The maximum Gasteiger partial charge on any atom is 0.337 e. The fraction of sp³-hybridized carbons (Fsp3) is 0.520. The van der Waals surface area contributed by atoms with Gasteiger partial charge in [-0.15, -0.1) is 0 Å². The lowest BCUT2D eigenvalue weighted by Gasteiger charge is -2.41. The van der Waals surface area contributed by atoms with Gasteiger partial charge in [-0.05, 0) is 63.6 Å². The maximum absolute atomic E-state index is 13.6. The normalized spacial score (nSPS) is 17.5. The summed E-state index contributed by atoms with van der Waals surface area (Å²) >= 11 is 0. The largest absolute Gasteiger partial charge is 0.479 e. The molecular formula is C25H33FN2O3. The summed E-state index contributed by atoms with van der Waals surface area (Å²) in [6, 6.07) is 6.25. The minimum atomic E-state index is -1.15. The summed E-state index contributed by atoms with van der Waals surface area (Å²) in [5.41, 5.74) is 3.21. The van der Waals surface area contributed by atoms with Crippen molar-refractivity contribution in [2.45, 2.75) is 66.1 Å². The van der Waals surface area contributed by atoms with E-state index in [1.165, 1.54) is 12.1 Å². The molecule has 0 aliphatic carbocycles. The Balaban J connectivity index is 2.22. The Bertz CT molecular complexity index is 938. The number of nitrogens with zero attached hydrogens (tertiary/aromatic N) is 2. The van der Waals surface area contributed by atoms with Crippen molar-refractivity contribution < 1.29 is 19.0 Å². The number of anilines is 1. The molecule has 1 aromatic carbocycles. The average Bonchev–Trinajstić information content (AvgIpc) is 2.66. The van der Waals surface area contributed by atoms with Gasteiger partial charge in [-0.1, -0.05) is 26.0 Å². The second-order valence-electron chi connectivity index (χ2n) is 10.1. The van der Waals surface area contributed by atoms with Crippen molar-refractivity contribution in [3.8, 4) is 11.1 Å². The van der Waals surface area contributed by atoms with E-state index in [2.05, 4.69) is 23.7 Å². The number of hydrogen-bond donors (Lipinski definition) is 1. The van der Waals surface area contributed by atoms with Gasteiger partial charge in [-0.2, -0.15) is 0 Å². The molecule has 3 rings (SSSR count). The topological polar surface area (TPSA) is 62.7 Å². The van der Waals surface area contributed by atoms with Crippen LogP contribution in [0.25, 0.3) is 11.1 Å². The van der Waals surface area contributed by atoms with Gasteiger partial charge in [0.1, 0.15) is 5.82 Å². The Morgan fingerprint density at radius 3 is 2.29 bits per heavy atom. The quantitative estimate of drug-likeness (QED) is 0.656. The van der Waals surface area contributed by atoms with Crippen molar-refractivity contribution in [2.24, 2.45) is 5.41 Å². The molecule has 6 heteroatoms. The van der Waals surface area contributed by atoms with Crippen LogP contribution in [0.4, 0.5) is 10.1 Å². The number of hydrogen-bond acceptors (Lipinski definition) is 4. The van der Waals surface area contributed by atoms with Gasteiger partial charge in [0.25, 0.3) is 0 Å². The number of aliphatic carboxylic acids is 1. The van der Waals surface area contributed by atoms with E-state index in [0.717, 1.165) is 42.7 Å². The zero-order chi connectivity index (χ0) is 23.0. The van der Waals surface area contributed by atoms with Gasteiger partial charge in [0, 0.05) is 36.1 Å². The van der Waals surface area contributed by atoms with Crippen LogP contribution in [0.5, 0.6) is 0 Å². The molecule has 5 nitrogen and oxygen atoms in total. The molecule has 168 valence electrons. The van der Waals surface area contributed by atoms with Crippen molar-refractivity contribution in [2.75, 3.05) is 18.0 Å². The average molecular weight is 429 g/mol. The van der Waals surface area contributed by atoms with Crippen LogP contribution in [-0.2, 0) is 9.53 Å². The third-order valence-electron chi connectivity index (χ3n) is 5.83. The zero-order valence-electron chi connectivity index (χ0n) is 19.3. The molecule has 0 saturated carbocycles. The number of aryl methyl sites for hydroxylation is 1. The smallest absolute Gasteiger partial charge is 0.337 e. The standard InChI is InChI=1S/C25H33FN2O3/c1-16-20(22(23(29)30)31-24(2,3)4)21(28-13-11-25(5,6)12-14-28)19(15-27-16)17-7-9-18(26)10-8-17/h7-10,15,22H,11-14H2,1-6H3,(H,29,30)/t22-/m0/s1. The van der Waals surface area contributed by atoms with E-state index >= 15 is 0 Å². The van der Waals surface area contributed by atoms with Gasteiger partial charge in [0.2, 0.25) is 0 Å². The van der Waals surface area contributed by atoms with Crippen LogP contribution in [0.2, 0.25) is 0 Å². The highest BCUT2D eigenvalue weighted by atomic mass is 19.1. The molecule has 1 atom stereocenters. The van der Waals surface area contributed by atoms with Crippen molar-refractivity contribution in [1.29, 1.82) is 0 Å². The van der Waals surface area contributed by atoms with Crippen molar-refractivity contribution in [3.63, 3.8) is 0 Å². The number of pyridine rings is 1. The van der Waals surface area contributed by atoms with E-state index in [1.807, 2.05) is 27.7 Å². The highest BCUT2D eigenvalue weighted by Crippen LogP contribution is 2.43. The van der Waals surface area contributed by atoms with Crippen LogP contribution in [0.3, 0.4) is 0 Å². The number of rotatable bonds is 5. The van der Waals surface area contributed by atoms with E-state index in [1.54, 1.807) is 18.3 Å². The molecule has 0 spiro atoms. The summed E-state index contributed by atoms with van der Waals surface area (Å²) < 4.78 is 19.6. The Hall–Kier alpha value is -2.47. The first-order valence-corrected chi connectivity index (χ1v) is 10.8. The minimum absolute atomic E-state index is 0.239. The minimum Gasteiger partial charge on any atom is -0.479 e. The number of piperidine rings is 1. The molecule has 1 fully saturated rings. The summed E-state index contributed by atoms with van der Waals surface area (Å²) in [5, 5.41) is 10.1. The Morgan fingerprint density at radius 1 is 1.19 bits per heavy atom. The maximum atomic E-state index is 13.6. The monoisotopic (exact) mass is 428 g/mol. The first kappa shape index (κ1) is 23.2. The number of halogens is 1.